The molecular formula is C14H19N3O3. The number of carboxylic acid groups (broad SMARTS) is 1. The largest absolute Gasteiger partial charge is 0.481 e. The number of piperidine rings is 1. The van der Waals surface area contributed by atoms with Gasteiger partial charge in [0.15, 0.2) is 0 Å². The van der Waals surface area contributed by atoms with Crippen molar-refractivity contribution >= 4 is 11.9 Å². The molecule has 1 aromatic rings. The summed E-state index contributed by atoms with van der Waals surface area (Å²) in [5.41, 5.74) is 1.57. The first-order valence-electron chi connectivity index (χ1n) is 6.84. The minimum atomic E-state index is -0.833. The fraction of sp³-hybridized carbons (Fsp3) is 0.571. The number of aliphatic carboxylic acids is 1. The van der Waals surface area contributed by atoms with Gasteiger partial charge in [0.25, 0.3) is 0 Å². The van der Waals surface area contributed by atoms with Crippen LogP contribution in [0.25, 0.3) is 0 Å². The van der Waals surface area contributed by atoms with Gasteiger partial charge in [-0.3, -0.25) is 19.6 Å². The molecule has 1 fully saturated rings. The molecule has 20 heavy (non-hydrogen) atoms. The summed E-state index contributed by atoms with van der Waals surface area (Å²) in [5, 5.41) is 8.63. The molecular weight excluding hydrogens is 258 g/mol. The Morgan fingerprint density at radius 3 is 2.80 bits per heavy atom. The number of carboxylic acids is 1. The van der Waals surface area contributed by atoms with E-state index in [1.165, 1.54) is 0 Å². The summed E-state index contributed by atoms with van der Waals surface area (Å²) in [4.78, 5) is 32.4. The highest BCUT2D eigenvalue weighted by atomic mass is 16.4. The molecule has 1 aromatic heterocycles. The quantitative estimate of drug-likeness (QED) is 0.894. The van der Waals surface area contributed by atoms with Crippen LogP contribution in [-0.2, 0) is 16.0 Å². The van der Waals surface area contributed by atoms with E-state index in [0.29, 0.717) is 18.7 Å². The van der Waals surface area contributed by atoms with Gasteiger partial charge in [-0.25, -0.2) is 0 Å². The maximum Gasteiger partial charge on any atom is 0.303 e. The lowest BCUT2D eigenvalue weighted by Gasteiger charge is -2.31. The van der Waals surface area contributed by atoms with Crippen LogP contribution in [-0.4, -0.2) is 44.9 Å². The van der Waals surface area contributed by atoms with E-state index in [0.717, 1.165) is 25.1 Å². The van der Waals surface area contributed by atoms with E-state index < -0.39 is 5.97 Å². The molecule has 1 aliphatic heterocycles. The number of aryl methyl sites for hydroxylation is 1. The summed E-state index contributed by atoms with van der Waals surface area (Å²) in [6.45, 7) is 3.09. The summed E-state index contributed by atoms with van der Waals surface area (Å²) in [6.07, 6.45) is 5.80. The van der Waals surface area contributed by atoms with Crippen LogP contribution >= 0.6 is 0 Å². The highest BCUT2D eigenvalue weighted by Crippen LogP contribution is 2.25. The van der Waals surface area contributed by atoms with E-state index in [9.17, 15) is 9.59 Å². The third-order valence-corrected chi connectivity index (χ3v) is 3.61. The molecule has 0 aromatic carbocycles. The van der Waals surface area contributed by atoms with Crippen molar-refractivity contribution < 1.29 is 14.7 Å². The summed E-state index contributed by atoms with van der Waals surface area (Å²) in [7, 11) is 0. The van der Waals surface area contributed by atoms with Crippen LogP contribution in [0.3, 0.4) is 0 Å². The summed E-state index contributed by atoms with van der Waals surface area (Å²) in [5.74, 6) is -0.505. The van der Waals surface area contributed by atoms with Crippen molar-refractivity contribution in [1.82, 2.24) is 14.9 Å². The Hall–Kier alpha value is -1.98. The third-order valence-electron chi connectivity index (χ3n) is 3.61. The molecule has 0 bridgehead atoms. The van der Waals surface area contributed by atoms with E-state index in [1.807, 2.05) is 4.90 Å². The fourth-order valence-electron chi connectivity index (χ4n) is 2.44. The number of rotatable bonds is 4. The van der Waals surface area contributed by atoms with Crippen molar-refractivity contribution in [2.75, 3.05) is 13.1 Å². The molecule has 0 radical (unpaired) electrons. The van der Waals surface area contributed by atoms with Crippen molar-refractivity contribution in [2.45, 2.75) is 38.5 Å². The van der Waals surface area contributed by atoms with Gasteiger partial charge >= 0.3 is 5.97 Å². The summed E-state index contributed by atoms with van der Waals surface area (Å²) >= 11 is 0. The van der Waals surface area contributed by atoms with Gasteiger partial charge in [-0.1, -0.05) is 0 Å². The van der Waals surface area contributed by atoms with Gasteiger partial charge in [0, 0.05) is 44.7 Å². The molecule has 1 aliphatic rings. The molecule has 0 unspecified atom stereocenters. The molecule has 1 saturated heterocycles. The average molecular weight is 277 g/mol. The summed E-state index contributed by atoms with van der Waals surface area (Å²) in [6, 6.07) is 0. The molecule has 1 atom stereocenters. The fourth-order valence-corrected chi connectivity index (χ4v) is 2.44. The maximum absolute atomic E-state index is 11.4. The number of carbonyl (C=O) groups is 2. The van der Waals surface area contributed by atoms with Crippen LogP contribution in [0.5, 0.6) is 0 Å². The molecule has 0 aliphatic carbocycles. The molecule has 1 N–H and O–H groups in total. The van der Waals surface area contributed by atoms with E-state index in [-0.39, 0.29) is 18.2 Å². The van der Waals surface area contributed by atoms with Crippen LogP contribution in [0, 0.1) is 0 Å². The Morgan fingerprint density at radius 1 is 1.40 bits per heavy atom. The lowest BCUT2D eigenvalue weighted by Crippen LogP contribution is -2.37. The molecule has 0 saturated carbocycles. The maximum atomic E-state index is 11.4. The third kappa shape index (κ3) is 3.76. The number of hydrogen-bond donors (Lipinski definition) is 1. The van der Waals surface area contributed by atoms with Crippen LogP contribution in [0.15, 0.2) is 12.4 Å². The zero-order valence-electron chi connectivity index (χ0n) is 11.6. The van der Waals surface area contributed by atoms with Crippen molar-refractivity contribution in [3.8, 4) is 0 Å². The van der Waals surface area contributed by atoms with Crippen LogP contribution < -0.4 is 0 Å². The first-order valence-corrected chi connectivity index (χ1v) is 6.84. The van der Waals surface area contributed by atoms with Crippen LogP contribution in [0.4, 0.5) is 0 Å². The van der Waals surface area contributed by atoms with E-state index in [1.54, 1.807) is 19.3 Å². The normalized spacial score (nSPS) is 18.9. The lowest BCUT2D eigenvalue weighted by atomic mass is 9.95. The number of carbonyl (C=O) groups excluding carboxylic acids is 1. The Labute approximate surface area is 117 Å². The number of likely N-dealkylation sites (tertiary alicyclic amines) is 1. The first-order chi connectivity index (χ1) is 9.56. The highest BCUT2D eigenvalue weighted by molar-refractivity contribution is 5.73. The van der Waals surface area contributed by atoms with E-state index in [4.69, 9.17) is 5.11 Å². The Bertz CT molecular complexity index is 487. The van der Waals surface area contributed by atoms with Gasteiger partial charge < -0.3 is 10.0 Å². The predicted octanol–water partition coefficient (Wildman–Crippen LogP) is 1.22. The second kappa shape index (κ2) is 6.45. The van der Waals surface area contributed by atoms with E-state index in [2.05, 4.69) is 9.97 Å². The molecule has 1 amide bonds. The standard InChI is InChI=1S/C14H19N3O3/c1-10(18)17-6-2-3-11(9-17)13-8-15-12(7-16-13)4-5-14(19)20/h7-8,11H,2-6,9H2,1H3,(H,19,20)/t11-/m1/s1. The number of hydrogen-bond acceptors (Lipinski definition) is 4. The van der Waals surface area contributed by atoms with Crippen LogP contribution in [0.2, 0.25) is 0 Å². The Balaban J connectivity index is 1.98. The van der Waals surface area contributed by atoms with Gasteiger partial charge in [-0.2, -0.15) is 0 Å². The van der Waals surface area contributed by atoms with Crippen molar-refractivity contribution in [1.29, 1.82) is 0 Å². The molecule has 6 heteroatoms. The molecule has 2 heterocycles. The van der Waals surface area contributed by atoms with Gasteiger partial charge in [-0.15, -0.1) is 0 Å². The Morgan fingerprint density at radius 2 is 2.20 bits per heavy atom. The minimum Gasteiger partial charge on any atom is -0.481 e. The number of amides is 1. The first kappa shape index (κ1) is 14.4. The minimum absolute atomic E-state index is 0.0650. The number of nitrogens with zero attached hydrogens (tertiary/aromatic N) is 3. The SMILES string of the molecule is CC(=O)N1CCC[C@@H](c2cnc(CCC(=O)O)cn2)C1. The average Bonchev–Trinajstić information content (AvgIpc) is 2.46. The molecule has 2 rings (SSSR count). The van der Waals surface area contributed by atoms with Crippen LogP contribution in [0.1, 0.15) is 43.5 Å². The lowest BCUT2D eigenvalue weighted by molar-refractivity contribution is -0.137. The topological polar surface area (TPSA) is 83.4 Å². The van der Waals surface area contributed by atoms with Crippen molar-refractivity contribution in [2.24, 2.45) is 0 Å². The molecule has 0 spiro atoms. The van der Waals surface area contributed by atoms with Crippen molar-refractivity contribution in [3.63, 3.8) is 0 Å². The van der Waals surface area contributed by atoms with E-state index >= 15 is 0 Å². The summed E-state index contributed by atoms with van der Waals surface area (Å²) < 4.78 is 0. The second-order valence-electron chi connectivity index (χ2n) is 5.13. The molecule has 108 valence electrons. The smallest absolute Gasteiger partial charge is 0.303 e. The van der Waals surface area contributed by atoms with Gasteiger partial charge in [0.1, 0.15) is 0 Å². The van der Waals surface area contributed by atoms with Gasteiger partial charge in [0.05, 0.1) is 17.8 Å². The predicted molar refractivity (Wildman–Crippen MR) is 72.2 cm³/mol. The zero-order valence-corrected chi connectivity index (χ0v) is 11.6. The second-order valence-corrected chi connectivity index (χ2v) is 5.13. The highest BCUT2D eigenvalue weighted by Gasteiger charge is 2.23. The molecule has 6 nitrogen and oxygen atoms in total. The number of aromatic nitrogens is 2. The van der Waals surface area contributed by atoms with Crippen molar-refractivity contribution in [3.05, 3.63) is 23.8 Å². The van der Waals surface area contributed by atoms with Gasteiger partial charge in [0.2, 0.25) is 5.91 Å². The monoisotopic (exact) mass is 277 g/mol. The Kier molecular flexibility index (Phi) is 4.65. The zero-order chi connectivity index (χ0) is 14.5. The van der Waals surface area contributed by atoms with Gasteiger partial charge in [-0.05, 0) is 12.8 Å².